The summed E-state index contributed by atoms with van der Waals surface area (Å²) in [6, 6.07) is 8.15. The molecule has 6 heteroatoms. The van der Waals surface area contributed by atoms with Crippen LogP contribution in [-0.4, -0.2) is 33.2 Å². The SMILES string of the molecule is CCCCCN1C(=O)C(=O)/C(=C(\O)c2ccncc2)C1c1ccccc1F. The number of halogens is 1. The second-order valence-corrected chi connectivity index (χ2v) is 6.46. The Morgan fingerprint density at radius 1 is 1.15 bits per heavy atom. The average Bonchev–Trinajstić information content (AvgIpc) is 2.93. The van der Waals surface area contributed by atoms with Crippen molar-refractivity contribution in [3.8, 4) is 0 Å². The van der Waals surface area contributed by atoms with Crippen LogP contribution in [0.5, 0.6) is 0 Å². The molecule has 1 aromatic heterocycles. The van der Waals surface area contributed by atoms with Crippen LogP contribution in [-0.2, 0) is 9.59 Å². The topological polar surface area (TPSA) is 70.5 Å². The van der Waals surface area contributed by atoms with Crippen molar-refractivity contribution in [3.05, 3.63) is 71.3 Å². The fraction of sp³-hybridized carbons (Fsp3) is 0.286. The van der Waals surface area contributed by atoms with E-state index in [2.05, 4.69) is 4.98 Å². The van der Waals surface area contributed by atoms with Crippen LogP contribution in [0, 0.1) is 5.82 Å². The molecule has 1 aliphatic rings. The Kier molecular flexibility index (Phi) is 5.64. The van der Waals surface area contributed by atoms with Crippen LogP contribution in [0.4, 0.5) is 4.39 Å². The van der Waals surface area contributed by atoms with E-state index in [1.807, 2.05) is 6.92 Å². The van der Waals surface area contributed by atoms with Crippen LogP contribution in [0.2, 0.25) is 0 Å². The molecule has 1 atom stereocenters. The number of Topliss-reactive ketones (excluding diaryl/α,β-unsaturated/α-hetero) is 1. The summed E-state index contributed by atoms with van der Waals surface area (Å²) in [6.07, 6.45) is 5.49. The summed E-state index contributed by atoms with van der Waals surface area (Å²) in [5.74, 6) is -2.35. The second-order valence-electron chi connectivity index (χ2n) is 6.46. The standard InChI is InChI=1S/C21H21FN2O3/c1-2-3-6-13-24-18(15-7-4-5-8-16(15)22)17(20(26)21(24)27)19(25)14-9-11-23-12-10-14/h4-5,7-12,18,25H,2-3,6,13H2,1H3/b19-17-. The Morgan fingerprint density at radius 2 is 1.85 bits per heavy atom. The molecular formula is C21H21FN2O3. The van der Waals surface area contributed by atoms with Crippen molar-refractivity contribution in [2.45, 2.75) is 32.2 Å². The molecule has 0 radical (unpaired) electrons. The first-order chi connectivity index (χ1) is 13.1. The van der Waals surface area contributed by atoms with Crippen LogP contribution in [0.1, 0.15) is 43.4 Å². The van der Waals surface area contributed by atoms with Crippen molar-refractivity contribution in [2.24, 2.45) is 0 Å². The number of ketones is 1. The van der Waals surface area contributed by atoms with E-state index in [4.69, 9.17) is 0 Å². The lowest BCUT2D eigenvalue weighted by atomic mass is 9.95. The van der Waals surface area contributed by atoms with Crippen molar-refractivity contribution < 1.29 is 19.1 Å². The minimum atomic E-state index is -0.948. The summed E-state index contributed by atoms with van der Waals surface area (Å²) in [4.78, 5) is 30.6. The zero-order valence-electron chi connectivity index (χ0n) is 15.1. The normalized spacial score (nSPS) is 18.9. The van der Waals surface area contributed by atoms with E-state index in [-0.39, 0.29) is 16.9 Å². The third-order valence-corrected chi connectivity index (χ3v) is 4.70. The van der Waals surface area contributed by atoms with Gasteiger partial charge in [0.15, 0.2) is 0 Å². The van der Waals surface area contributed by atoms with Crippen LogP contribution >= 0.6 is 0 Å². The lowest BCUT2D eigenvalue weighted by molar-refractivity contribution is -0.139. The van der Waals surface area contributed by atoms with Crippen molar-refractivity contribution in [2.75, 3.05) is 6.54 Å². The number of aliphatic hydroxyl groups is 1. The van der Waals surface area contributed by atoms with Crippen LogP contribution in [0.25, 0.3) is 5.76 Å². The molecule has 1 aliphatic heterocycles. The zero-order chi connectivity index (χ0) is 19.4. The highest BCUT2D eigenvalue weighted by molar-refractivity contribution is 6.46. The predicted octanol–water partition coefficient (Wildman–Crippen LogP) is 3.83. The monoisotopic (exact) mass is 368 g/mol. The van der Waals surface area contributed by atoms with E-state index in [1.54, 1.807) is 18.2 Å². The van der Waals surface area contributed by atoms with Gasteiger partial charge in [-0.1, -0.05) is 38.0 Å². The molecule has 0 spiro atoms. The van der Waals surface area contributed by atoms with Gasteiger partial charge in [-0.2, -0.15) is 0 Å². The summed E-state index contributed by atoms with van der Waals surface area (Å²) in [5, 5.41) is 10.8. The van der Waals surface area contributed by atoms with Gasteiger partial charge in [0.2, 0.25) is 0 Å². The molecule has 1 fully saturated rings. The lowest BCUT2D eigenvalue weighted by Gasteiger charge is -2.25. The number of hydrogen-bond acceptors (Lipinski definition) is 4. The minimum absolute atomic E-state index is 0.0900. The van der Waals surface area contributed by atoms with E-state index in [0.29, 0.717) is 18.5 Å². The molecule has 1 N–H and O–H groups in total. The molecule has 3 rings (SSSR count). The number of unbranched alkanes of at least 4 members (excludes halogenated alkanes) is 2. The minimum Gasteiger partial charge on any atom is -0.507 e. The van der Waals surface area contributed by atoms with Gasteiger partial charge in [0, 0.05) is 30.1 Å². The molecule has 2 heterocycles. The molecule has 1 amide bonds. The Morgan fingerprint density at radius 3 is 2.52 bits per heavy atom. The number of benzene rings is 1. The van der Waals surface area contributed by atoms with Crippen molar-refractivity contribution in [3.63, 3.8) is 0 Å². The highest BCUT2D eigenvalue weighted by Gasteiger charge is 2.46. The fourth-order valence-electron chi connectivity index (χ4n) is 3.33. The molecule has 1 saturated heterocycles. The number of aliphatic hydroxyl groups excluding tert-OH is 1. The number of hydrogen-bond donors (Lipinski definition) is 1. The number of amides is 1. The van der Waals surface area contributed by atoms with Gasteiger partial charge in [0.1, 0.15) is 11.6 Å². The van der Waals surface area contributed by atoms with Gasteiger partial charge >= 0.3 is 0 Å². The van der Waals surface area contributed by atoms with E-state index in [9.17, 15) is 19.1 Å². The summed E-state index contributed by atoms with van der Waals surface area (Å²) in [6.45, 7) is 2.36. The second kappa shape index (κ2) is 8.12. The van der Waals surface area contributed by atoms with Crippen molar-refractivity contribution in [1.29, 1.82) is 0 Å². The fourth-order valence-corrected chi connectivity index (χ4v) is 3.33. The van der Waals surface area contributed by atoms with Gasteiger partial charge in [0.05, 0.1) is 11.6 Å². The van der Waals surface area contributed by atoms with Gasteiger partial charge < -0.3 is 10.0 Å². The number of carbonyl (C=O) groups is 2. The number of rotatable bonds is 6. The number of aromatic nitrogens is 1. The molecule has 0 bridgehead atoms. The molecule has 5 nitrogen and oxygen atoms in total. The smallest absolute Gasteiger partial charge is 0.295 e. The maximum absolute atomic E-state index is 14.5. The van der Waals surface area contributed by atoms with Crippen LogP contribution in [0.3, 0.4) is 0 Å². The Hall–Kier alpha value is -3.02. The number of nitrogens with zero attached hydrogens (tertiary/aromatic N) is 2. The van der Waals surface area contributed by atoms with Crippen molar-refractivity contribution >= 4 is 17.4 Å². The van der Waals surface area contributed by atoms with E-state index in [0.717, 1.165) is 12.8 Å². The van der Waals surface area contributed by atoms with Crippen LogP contribution in [0.15, 0.2) is 54.4 Å². The molecule has 27 heavy (non-hydrogen) atoms. The quantitative estimate of drug-likeness (QED) is 0.364. The molecule has 0 aliphatic carbocycles. The van der Waals surface area contributed by atoms with Gasteiger partial charge in [-0.3, -0.25) is 14.6 Å². The van der Waals surface area contributed by atoms with E-state index in [1.165, 1.54) is 35.5 Å². The number of likely N-dealkylation sites (tertiary alicyclic amines) is 1. The third-order valence-electron chi connectivity index (χ3n) is 4.70. The van der Waals surface area contributed by atoms with Gasteiger partial charge in [-0.05, 0) is 24.6 Å². The van der Waals surface area contributed by atoms with E-state index < -0.39 is 23.5 Å². The predicted molar refractivity (Wildman–Crippen MR) is 99.2 cm³/mol. The largest absolute Gasteiger partial charge is 0.507 e. The zero-order valence-corrected chi connectivity index (χ0v) is 15.1. The summed E-state index contributed by atoms with van der Waals surface area (Å²) in [5.41, 5.74) is 0.467. The summed E-state index contributed by atoms with van der Waals surface area (Å²) >= 11 is 0. The first kappa shape index (κ1) is 18.8. The third kappa shape index (κ3) is 3.60. The molecule has 1 aromatic carbocycles. The molecule has 2 aromatic rings. The Bertz CT molecular complexity index is 880. The summed E-state index contributed by atoms with van der Waals surface area (Å²) < 4.78 is 14.5. The van der Waals surface area contributed by atoms with Crippen molar-refractivity contribution in [1.82, 2.24) is 9.88 Å². The first-order valence-electron chi connectivity index (χ1n) is 8.99. The van der Waals surface area contributed by atoms with Gasteiger partial charge in [-0.15, -0.1) is 0 Å². The Labute approximate surface area is 157 Å². The Balaban J connectivity index is 2.14. The van der Waals surface area contributed by atoms with Gasteiger partial charge in [0.25, 0.3) is 11.7 Å². The molecular weight excluding hydrogens is 347 g/mol. The highest BCUT2D eigenvalue weighted by Crippen LogP contribution is 2.40. The molecule has 1 unspecified atom stereocenters. The number of pyridine rings is 1. The highest BCUT2D eigenvalue weighted by atomic mass is 19.1. The maximum Gasteiger partial charge on any atom is 0.295 e. The van der Waals surface area contributed by atoms with E-state index >= 15 is 0 Å². The van der Waals surface area contributed by atoms with Crippen LogP contribution < -0.4 is 0 Å². The molecule has 140 valence electrons. The maximum atomic E-state index is 14.5. The average molecular weight is 368 g/mol. The van der Waals surface area contributed by atoms with Gasteiger partial charge in [-0.25, -0.2) is 4.39 Å². The molecule has 0 saturated carbocycles. The first-order valence-corrected chi connectivity index (χ1v) is 8.99. The lowest BCUT2D eigenvalue weighted by Crippen LogP contribution is -2.31. The summed E-state index contributed by atoms with van der Waals surface area (Å²) in [7, 11) is 0. The number of carbonyl (C=O) groups excluding carboxylic acids is 2.